The molecule has 1 aromatic heterocycles. The van der Waals surface area contributed by atoms with Crippen LogP contribution in [0.4, 0.5) is 0 Å². The van der Waals surface area contributed by atoms with Crippen LogP contribution in [0.5, 0.6) is 0 Å². The zero-order valence-electron chi connectivity index (χ0n) is 18.2. The van der Waals surface area contributed by atoms with E-state index in [4.69, 9.17) is 9.73 Å². The zero-order valence-corrected chi connectivity index (χ0v) is 20.5. The van der Waals surface area contributed by atoms with Crippen LogP contribution in [0.3, 0.4) is 0 Å². The van der Waals surface area contributed by atoms with E-state index in [2.05, 4.69) is 53.7 Å². The van der Waals surface area contributed by atoms with Crippen LogP contribution < -0.4 is 10.6 Å². The van der Waals surface area contributed by atoms with Crippen LogP contribution in [0.25, 0.3) is 0 Å². The van der Waals surface area contributed by atoms with Crippen molar-refractivity contribution < 1.29 is 4.74 Å². The molecule has 29 heavy (non-hydrogen) atoms. The number of aromatic nitrogens is 3. The maximum Gasteiger partial charge on any atom is 0.192 e. The van der Waals surface area contributed by atoms with Gasteiger partial charge in [0.2, 0.25) is 0 Å². The average molecular weight is 514 g/mol. The summed E-state index contributed by atoms with van der Waals surface area (Å²) < 4.78 is 7.61. The number of ether oxygens (including phenoxy) is 1. The van der Waals surface area contributed by atoms with Gasteiger partial charge in [0.1, 0.15) is 12.4 Å². The van der Waals surface area contributed by atoms with Gasteiger partial charge in [0.25, 0.3) is 0 Å². The standard InChI is InChI=1S/C21H34N6O.HI/c1-16(2)15-28-13-9-12-22-21(23-14-20-26-25-18(4)27(20)5)24-17(3)19-10-7-6-8-11-19;/h6-8,10-11,16-17H,9,12-15H2,1-5H3,(H2,22,23,24);1H. The lowest BCUT2D eigenvalue weighted by Gasteiger charge is -2.19. The third-order valence-electron chi connectivity index (χ3n) is 4.42. The Labute approximate surface area is 191 Å². The van der Waals surface area contributed by atoms with Gasteiger partial charge in [-0.25, -0.2) is 4.99 Å². The van der Waals surface area contributed by atoms with Crippen LogP contribution >= 0.6 is 24.0 Å². The van der Waals surface area contributed by atoms with Gasteiger partial charge in [0.05, 0.1) is 6.04 Å². The molecule has 2 N–H and O–H groups in total. The highest BCUT2D eigenvalue weighted by atomic mass is 127. The summed E-state index contributed by atoms with van der Waals surface area (Å²) in [5, 5.41) is 15.2. The SMILES string of the molecule is Cc1nnc(CN=C(NCCCOCC(C)C)NC(C)c2ccccc2)n1C.I. The summed E-state index contributed by atoms with van der Waals surface area (Å²) in [4.78, 5) is 4.71. The van der Waals surface area contributed by atoms with Crippen molar-refractivity contribution in [3.05, 3.63) is 47.5 Å². The molecule has 0 bridgehead atoms. The fraction of sp³-hybridized carbons (Fsp3) is 0.571. The van der Waals surface area contributed by atoms with Gasteiger partial charge in [-0.1, -0.05) is 44.2 Å². The molecule has 2 aromatic rings. The van der Waals surface area contributed by atoms with Crippen LogP contribution in [0.1, 0.15) is 50.4 Å². The van der Waals surface area contributed by atoms with Gasteiger partial charge in [0.15, 0.2) is 11.8 Å². The Hall–Kier alpha value is -1.68. The van der Waals surface area contributed by atoms with E-state index >= 15 is 0 Å². The van der Waals surface area contributed by atoms with Crippen LogP contribution in [0.15, 0.2) is 35.3 Å². The maximum atomic E-state index is 5.65. The van der Waals surface area contributed by atoms with E-state index in [-0.39, 0.29) is 30.0 Å². The van der Waals surface area contributed by atoms with E-state index in [0.717, 1.165) is 43.8 Å². The Kier molecular flexibility index (Phi) is 11.8. The van der Waals surface area contributed by atoms with E-state index in [9.17, 15) is 0 Å². The Morgan fingerprint density at radius 1 is 1.17 bits per heavy atom. The van der Waals surface area contributed by atoms with Gasteiger partial charge >= 0.3 is 0 Å². The van der Waals surface area contributed by atoms with E-state index in [1.54, 1.807) is 0 Å². The highest BCUT2D eigenvalue weighted by Gasteiger charge is 2.09. The number of benzene rings is 1. The maximum absolute atomic E-state index is 5.65. The minimum absolute atomic E-state index is 0. The molecule has 0 saturated heterocycles. The fourth-order valence-electron chi connectivity index (χ4n) is 2.62. The molecule has 2 rings (SSSR count). The third-order valence-corrected chi connectivity index (χ3v) is 4.42. The summed E-state index contributed by atoms with van der Waals surface area (Å²) in [6.45, 7) is 11.2. The first-order valence-electron chi connectivity index (χ1n) is 9.99. The summed E-state index contributed by atoms with van der Waals surface area (Å²) in [6, 6.07) is 10.5. The normalized spacial score (nSPS) is 12.6. The van der Waals surface area contributed by atoms with Gasteiger partial charge < -0.3 is 19.9 Å². The number of rotatable bonds is 10. The second-order valence-electron chi connectivity index (χ2n) is 7.41. The van der Waals surface area contributed by atoms with E-state index in [1.807, 2.05) is 36.7 Å². The molecule has 0 fully saturated rings. The fourth-order valence-corrected chi connectivity index (χ4v) is 2.62. The molecule has 0 amide bonds. The lowest BCUT2D eigenvalue weighted by molar-refractivity contribution is 0.108. The van der Waals surface area contributed by atoms with Crippen molar-refractivity contribution in [2.24, 2.45) is 18.0 Å². The molecule has 0 radical (unpaired) electrons. The minimum atomic E-state index is 0. The number of hydrogen-bond acceptors (Lipinski definition) is 4. The van der Waals surface area contributed by atoms with Crippen molar-refractivity contribution in [1.82, 2.24) is 25.4 Å². The van der Waals surface area contributed by atoms with Crippen molar-refractivity contribution in [3.8, 4) is 0 Å². The van der Waals surface area contributed by atoms with Gasteiger partial charge in [0, 0.05) is 26.8 Å². The van der Waals surface area contributed by atoms with E-state index in [1.165, 1.54) is 5.56 Å². The van der Waals surface area contributed by atoms with Gasteiger partial charge in [-0.15, -0.1) is 34.2 Å². The van der Waals surface area contributed by atoms with E-state index < -0.39 is 0 Å². The average Bonchev–Trinajstić information content (AvgIpc) is 3.01. The van der Waals surface area contributed by atoms with Crippen molar-refractivity contribution in [2.45, 2.75) is 46.7 Å². The quantitative estimate of drug-likeness (QED) is 0.219. The monoisotopic (exact) mass is 514 g/mol. The predicted octanol–water partition coefficient (Wildman–Crippen LogP) is 3.60. The molecule has 0 aliphatic carbocycles. The minimum Gasteiger partial charge on any atom is -0.381 e. The highest BCUT2D eigenvalue weighted by Crippen LogP contribution is 2.11. The number of nitrogens with zero attached hydrogens (tertiary/aromatic N) is 4. The molecule has 7 nitrogen and oxygen atoms in total. The Morgan fingerprint density at radius 2 is 1.90 bits per heavy atom. The third kappa shape index (κ3) is 9.12. The molecule has 1 aromatic carbocycles. The summed E-state index contributed by atoms with van der Waals surface area (Å²) in [7, 11) is 1.96. The molecule has 0 aliphatic heterocycles. The Bertz CT molecular complexity index is 732. The number of aryl methyl sites for hydroxylation is 1. The smallest absolute Gasteiger partial charge is 0.192 e. The van der Waals surface area contributed by atoms with Crippen LogP contribution in [0, 0.1) is 12.8 Å². The Balaban J connectivity index is 0.00000420. The summed E-state index contributed by atoms with van der Waals surface area (Å²) in [5.74, 6) is 3.05. The van der Waals surface area contributed by atoms with Crippen LogP contribution in [-0.4, -0.2) is 40.5 Å². The first-order chi connectivity index (χ1) is 13.5. The largest absolute Gasteiger partial charge is 0.381 e. The van der Waals surface area contributed by atoms with Crippen molar-refractivity contribution >= 4 is 29.9 Å². The first-order valence-corrected chi connectivity index (χ1v) is 9.99. The molecule has 162 valence electrons. The second kappa shape index (κ2) is 13.5. The van der Waals surface area contributed by atoms with Crippen LogP contribution in [0.2, 0.25) is 0 Å². The predicted molar refractivity (Wildman–Crippen MR) is 129 cm³/mol. The lowest BCUT2D eigenvalue weighted by atomic mass is 10.1. The first kappa shape index (κ1) is 25.4. The molecule has 0 aliphatic rings. The number of guanidine groups is 1. The molecule has 8 heteroatoms. The van der Waals surface area contributed by atoms with E-state index in [0.29, 0.717) is 12.5 Å². The molecule has 1 unspecified atom stereocenters. The molecule has 0 spiro atoms. The summed E-state index contributed by atoms with van der Waals surface area (Å²) >= 11 is 0. The van der Waals surface area contributed by atoms with Gasteiger partial charge in [-0.3, -0.25) is 0 Å². The summed E-state index contributed by atoms with van der Waals surface area (Å²) in [5.41, 5.74) is 1.21. The van der Waals surface area contributed by atoms with Crippen LogP contribution in [-0.2, 0) is 18.3 Å². The molecule has 0 saturated carbocycles. The number of aliphatic imine (C=N–C) groups is 1. The number of hydrogen-bond donors (Lipinski definition) is 2. The molecular formula is C21H35IN6O. The molecule has 1 atom stereocenters. The van der Waals surface area contributed by atoms with Gasteiger partial charge in [-0.2, -0.15) is 0 Å². The van der Waals surface area contributed by atoms with Gasteiger partial charge in [-0.05, 0) is 31.7 Å². The summed E-state index contributed by atoms with van der Waals surface area (Å²) in [6.07, 6.45) is 0.927. The Morgan fingerprint density at radius 3 is 2.52 bits per heavy atom. The molecular weight excluding hydrogens is 479 g/mol. The zero-order chi connectivity index (χ0) is 20.4. The number of halogens is 1. The van der Waals surface area contributed by atoms with Crippen molar-refractivity contribution in [3.63, 3.8) is 0 Å². The second-order valence-corrected chi connectivity index (χ2v) is 7.41. The highest BCUT2D eigenvalue weighted by molar-refractivity contribution is 14.0. The topological polar surface area (TPSA) is 76.4 Å². The lowest BCUT2D eigenvalue weighted by Crippen LogP contribution is -2.39. The number of nitrogens with one attached hydrogen (secondary N) is 2. The van der Waals surface area contributed by atoms with Crippen molar-refractivity contribution in [2.75, 3.05) is 19.8 Å². The van der Waals surface area contributed by atoms with Crippen molar-refractivity contribution in [1.29, 1.82) is 0 Å². The molecule has 1 heterocycles.